The van der Waals surface area contributed by atoms with Gasteiger partial charge in [0.2, 0.25) is 17.7 Å². The number of anilines is 1. The summed E-state index contributed by atoms with van der Waals surface area (Å²) in [5.74, 6) is -3.35. The van der Waals surface area contributed by atoms with Crippen molar-refractivity contribution in [2.75, 3.05) is 32.6 Å². The molecule has 8 heterocycles. The van der Waals surface area contributed by atoms with Crippen LogP contribution in [-0.4, -0.2) is 108 Å². The van der Waals surface area contributed by atoms with Crippen molar-refractivity contribution in [1.29, 1.82) is 0 Å². The Bertz CT molecular complexity index is 3590. The van der Waals surface area contributed by atoms with Gasteiger partial charge < -0.3 is 46.9 Å². The number of ether oxygens (including phenoxy) is 1. The maximum absolute atomic E-state index is 14.3. The molecule has 0 radical (unpaired) electrons. The van der Waals surface area contributed by atoms with Crippen LogP contribution in [0.4, 0.5) is 5.82 Å². The van der Waals surface area contributed by atoms with Crippen molar-refractivity contribution in [3.63, 3.8) is 0 Å². The summed E-state index contributed by atoms with van der Waals surface area (Å²) in [7, 11) is 2.95. The molecule has 0 spiro atoms. The molecule has 10 bridgehead atoms. The Hall–Kier alpha value is -7.15. The highest BCUT2D eigenvalue weighted by molar-refractivity contribution is 7.15. The van der Waals surface area contributed by atoms with Gasteiger partial charge in [-0.15, -0.1) is 68.0 Å². The first-order valence-electron chi connectivity index (χ1n) is 25.4. The summed E-state index contributed by atoms with van der Waals surface area (Å²) in [6, 6.07) is 9.57. The van der Waals surface area contributed by atoms with Crippen LogP contribution in [0.25, 0.3) is 43.4 Å². The van der Waals surface area contributed by atoms with Crippen LogP contribution in [0.5, 0.6) is 0 Å². The maximum atomic E-state index is 14.3. The minimum Gasteiger partial charge on any atom is -0.396 e. The van der Waals surface area contributed by atoms with Crippen molar-refractivity contribution in [3.05, 3.63) is 111 Å². The third-order valence-corrected chi connectivity index (χ3v) is 18.5. The third-order valence-electron chi connectivity index (χ3n) is 12.7. The molecule has 0 aliphatic carbocycles. The summed E-state index contributed by atoms with van der Waals surface area (Å²) in [6.07, 6.45) is -0.489. The maximum Gasteiger partial charge on any atom is 0.271 e. The summed E-state index contributed by atoms with van der Waals surface area (Å²) >= 11 is 7.25. The topological polar surface area (TPSA) is 315 Å². The first-order chi connectivity index (χ1) is 39.0. The minimum absolute atomic E-state index is 0.00191. The van der Waals surface area contributed by atoms with E-state index in [-0.39, 0.29) is 54.5 Å². The first-order valence-corrected chi connectivity index (χ1v) is 30.5. The molecule has 6 amide bonds. The zero-order chi connectivity index (χ0) is 57.5. The molecule has 1 aliphatic rings. The van der Waals surface area contributed by atoms with E-state index >= 15 is 0 Å². The van der Waals surface area contributed by atoms with Gasteiger partial charge in [-0.3, -0.25) is 28.8 Å². The Kier molecular flexibility index (Phi) is 18.9. The summed E-state index contributed by atoms with van der Waals surface area (Å²) in [6.45, 7) is 6.74. The van der Waals surface area contributed by atoms with Crippen LogP contribution >= 0.6 is 68.0 Å². The van der Waals surface area contributed by atoms with Crippen molar-refractivity contribution >= 4 is 109 Å². The van der Waals surface area contributed by atoms with E-state index in [0.29, 0.717) is 92.4 Å². The number of nitrogens with one attached hydrogen (secondary N) is 6. The molecule has 5 atom stereocenters. The second kappa shape index (κ2) is 26.2. The Balaban J connectivity index is 1.12. The van der Waals surface area contributed by atoms with E-state index < -0.39 is 60.3 Å². The number of nitrogens with zero attached hydrogens (tertiary/aromatic N) is 7. The van der Waals surface area contributed by atoms with Gasteiger partial charge in [0.25, 0.3) is 17.7 Å². The van der Waals surface area contributed by atoms with Gasteiger partial charge in [0.05, 0.1) is 42.2 Å². The molecule has 22 nitrogen and oxygen atoms in total. The number of pyridine rings is 1. The lowest BCUT2D eigenvalue weighted by Gasteiger charge is -2.23. The highest BCUT2D eigenvalue weighted by Crippen LogP contribution is 2.40. The fourth-order valence-electron chi connectivity index (χ4n) is 8.42. The zero-order valence-electron chi connectivity index (χ0n) is 44.4. The molecule has 7 aromatic heterocycles. The number of rotatable bonds is 13. The van der Waals surface area contributed by atoms with E-state index in [1.165, 1.54) is 70.8 Å². The van der Waals surface area contributed by atoms with Crippen LogP contribution in [0.2, 0.25) is 0 Å². The number of aromatic nitrogens is 7. The monoisotopic (exact) mass is 1210 g/mol. The van der Waals surface area contributed by atoms with Gasteiger partial charge in [0.15, 0.2) is 0 Å². The molecule has 8 N–H and O–H groups in total. The number of aryl methyl sites for hydroxylation is 1. The predicted octanol–water partition coefficient (Wildman–Crippen LogP) is 7.66. The minimum atomic E-state index is -1.27. The summed E-state index contributed by atoms with van der Waals surface area (Å²) < 4.78 is 5.45. The highest BCUT2D eigenvalue weighted by Gasteiger charge is 2.33. The molecule has 1 aromatic carbocycles. The van der Waals surface area contributed by atoms with E-state index in [1.807, 2.05) is 13.8 Å². The lowest BCUT2D eigenvalue weighted by molar-refractivity contribution is -0.122. The van der Waals surface area contributed by atoms with Gasteiger partial charge in [0.1, 0.15) is 82.2 Å². The molecule has 422 valence electrons. The summed E-state index contributed by atoms with van der Waals surface area (Å²) in [5.41, 5.74) is 2.82. The van der Waals surface area contributed by atoms with Gasteiger partial charge >= 0.3 is 0 Å². The molecule has 0 saturated carbocycles. The van der Waals surface area contributed by atoms with Crippen LogP contribution in [0, 0.1) is 18.8 Å². The second-order valence-corrected chi connectivity index (χ2v) is 24.7. The number of hydrogen-bond acceptors (Lipinski definition) is 22. The summed E-state index contributed by atoms with van der Waals surface area (Å²) in [4.78, 5) is 117. The number of thiazole rings is 6. The van der Waals surface area contributed by atoms with Gasteiger partial charge in [-0.1, -0.05) is 51.1 Å². The quantitative estimate of drug-likeness (QED) is 0.0549. The van der Waals surface area contributed by atoms with Gasteiger partial charge in [-0.05, 0) is 43.4 Å². The SMILES string of the molecule is CNC(=O)C[C@@H]1NC(=O)c2csc(n2)-c2ccc(-c3nc(NC(=O)[C@H](C)CCCO)cs3)nc2-c2csc(n2)-c2csc(n2)[C@H]([C@@H](O)c2ccccc2)NC(=O)CNC(=O)c2nc(sc2COC)[C@@H](C(C)C)NC(=O)c2nc1sc2C. The molecule has 28 heteroatoms. The van der Waals surface area contributed by atoms with Crippen LogP contribution in [-0.2, 0) is 25.7 Å². The van der Waals surface area contributed by atoms with Crippen LogP contribution in [0.1, 0.15) is 126 Å². The van der Waals surface area contributed by atoms with Crippen LogP contribution < -0.4 is 31.9 Å². The van der Waals surface area contributed by atoms with Crippen molar-refractivity contribution in [1.82, 2.24) is 61.5 Å². The first kappa shape index (κ1) is 58.5. The number of methoxy groups -OCH3 is 1. The number of carbonyl (C=O) groups is 6. The molecule has 0 unspecified atom stereocenters. The molecule has 1 aliphatic heterocycles. The van der Waals surface area contributed by atoms with E-state index in [0.717, 1.165) is 11.3 Å². The lowest BCUT2D eigenvalue weighted by Crippen LogP contribution is -2.40. The number of carbonyl (C=O) groups excluding carboxylic acids is 6. The van der Waals surface area contributed by atoms with Crippen molar-refractivity contribution in [2.24, 2.45) is 11.8 Å². The number of benzene rings is 1. The zero-order valence-corrected chi connectivity index (χ0v) is 49.3. The Morgan fingerprint density at radius 2 is 1.43 bits per heavy atom. The number of fused-ring (bicyclic) bond motifs is 14. The fourth-order valence-corrected chi connectivity index (χ4v) is 13.9. The van der Waals surface area contributed by atoms with Gasteiger partial charge in [-0.25, -0.2) is 34.9 Å². The lowest BCUT2D eigenvalue weighted by atomic mass is 10.0. The number of aliphatic hydroxyl groups is 2. The Morgan fingerprint density at radius 3 is 2.19 bits per heavy atom. The molecule has 81 heavy (non-hydrogen) atoms. The van der Waals surface area contributed by atoms with Crippen molar-refractivity contribution in [3.8, 4) is 43.4 Å². The van der Waals surface area contributed by atoms with Crippen LogP contribution in [0.15, 0.2) is 64.0 Å². The standard InChI is InChI=1S/C53H55N13O9S6/c1-24(2)38-53-66-41(34(81-53)19-75-6)46(73)55-18-37(69)63-42(43(70)27-12-8-7-9-13-27)52-60-33(22-78-52)50-58-31(20-77-50)40-28(14-15-29(56-40)49-62-35(23-79-49)61-44(71)25(3)11-10-16-67)48-59-32(21-76-48)45(72)57-30(17-36(68)54-5)51-65-39(26(4)80-51)47(74)64-38/h7-9,12-15,20-25,30,38,42-43,67,70H,10-11,16-19H2,1-6H3,(H,54,68)(H,55,73)(H,57,72)(H,61,71)(H,63,69)(H,64,74)/t25-,30+,38-,42+,43+/m1/s1. The molecular formula is C53H55N13O9S6. The molecular weight excluding hydrogens is 1160 g/mol. The predicted molar refractivity (Wildman–Crippen MR) is 311 cm³/mol. The van der Waals surface area contributed by atoms with E-state index in [2.05, 4.69) is 36.9 Å². The van der Waals surface area contributed by atoms with E-state index in [9.17, 15) is 39.0 Å². The second-order valence-electron chi connectivity index (χ2n) is 18.9. The summed E-state index contributed by atoms with van der Waals surface area (Å²) in [5, 5.41) is 47.4. The Morgan fingerprint density at radius 1 is 0.716 bits per heavy atom. The molecule has 0 saturated heterocycles. The van der Waals surface area contributed by atoms with Crippen molar-refractivity contribution < 1.29 is 43.7 Å². The van der Waals surface area contributed by atoms with Crippen molar-refractivity contribution in [2.45, 2.75) is 77.8 Å². The average molecular weight is 1210 g/mol. The van der Waals surface area contributed by atoms with Gasteiger partial charge in [0, 0.05) is 58.6 Å². The third kappa shape index (κ3) is 13.6. The number of amides is 6. The number of aliphatic hydroxyl groups excluding tert-OH is 2. The Labute approximate surface area is 488 Å². The molecule has 0 fully saturated rings. The average Bonchev–Trinajstić information content (AvgIpc) is 4.56. The van der Waals surface area contributed by atoms with Crippen LogP contribution in [0.3, 0.4) is 0 Å². The van der Waals surface area contributed by atoms with E-state index in [1.54, 1.807) is 77.8 Å². The van der Waals surface area contributed by atoms with Gasteiger partial charge in [-0.2, -0.15) is 0 Å². The molecule has 8 aromatic rings. The van der Waals surface area contributed by atoms with E-state index in [4.69, 9.17) is 34.6 Å². The normalized spacial score (nSPS) is 16.9. The number of hydrogen-bond donors (Lipinski definition) is 8. The largest absolute Gasteiger partial charge is 0.396 e. The fraction of sp³-hybridized carbons (Fsp3) is 0.340. The highest BCUT2D eigenvalue weighted by atomic mass is 32.1. The molecule has 9 rings (SSSR count). The smallest absolute Gasteiger partial charge is 0.271 e.